The smallest absolute Gasteiger partial charge is 0.242 e. The van der Waals surface area contributed by atoms with Crippen LogP contribution in [0.3, 0.4) is 0 Å². The van der Waals surface area contributed by atoms with Crippen molar-refractivity contribution in [3.05, 3.63) is 22.3 Å². The van der Waals surface area contributed by atoms with Gasteiger partial charge in [0.15, 0.2) is 0 Å². The van der Waals surface area contributed by atoms with Crippen molar-refractivity contribution >= 4 is 27.7 Å². The highest BCUT2D eigenvalue weighted by molar-refractivity contribution is 9.10. The molecule has 0 aromatic carbocycles. The van der Waals surface area contributed by atoms with Gasteiger partial charge in [0.05, 0.1) is 19.3 Å². The molecule has 1 saturated carbocycles. The third-order valence-electron chi connectivity index (χ3n) is 4.90. The van der Waals surface area contributed by atoms with Crippen LogP contribution >= 0.6 is 15.9 Å². The number of likely N-dealkylation sites (N-methyl/N-ethyl adjacent to an activating group) is 1. The number of amides is 1. The van der Waals surface area contributed by atoms with Crippen molar-refractivity contribution in [1.29, 1.82) is 0 Å². The summed E-state index contributed by atoms with van der Waals surface area (Å²) in [4.78, 5) is 19.0. The second-order valence-electron chi connectivity index (χ2n) is 7.19. The first-order valence-electron chi connectivity index (χ1n) is 8.32. The summed E-state index contributed by atoms with van der Waals surface area (Å²) in [6.07, 6.45) is 1.94. The number of rotatable bonds is 7. The predicted octanol–water partition coefficient (Wildman–Crippen LogP) is 1.79. The molecule has 24 heavy (non-hydrogen) atoms. The lowest BCUT2D eigenvalue weighted by Gasteiger charge is -2.17. The lowest BCUT2D eigenvalue weighted by Crippen LogP contribution is -2.38. The van der Waals surface area contributed by atoms with Crippen LogP contribution in [0, 0.1) is 12.3 Å². The van der Waals surface area contributed by atoms with E-state index in [2.05, 4.69) is 36.4 Å². The topological polar surface area (TPSA) is 66.5 Å². The molecule has 2 N–H and O–H groups in total. The Morgan fingerprint density at radius 1 is 1.50 bits per heavy atom. The summed E-state index contributed by atoms with van der Waals surface area (Å²) in [7, 11) is 4.08. The molecule has 1 saturated heterocycles. The second-order valence-corrected chi connectivity index (χ2v) is 8.00. The minimum atomic E-state index is -0.165. The van der Waals surface area contributed by atoms with Crippen molar-refractivity contribution in [2.24, 2.45) is 5.41 Å². The Morgan fingerprint density at radius 2 is 2.29 bits per heavy atom. The standard InChI is InChI=1S/C17H25BrN4O2/c1-11-4-5-14(18)20-15(11)21-16(23)12-8-17(9-13(17)19-12)10-24-7-6-22(2)3/h4-5,12-13,19H,6-10H2,1-3H3,(H,20,21,23). The SMILES string of the molecule is Cc1ccc(Br)nc1NC(=O)C1CC2(COCCN(C)C)CC2N1. The molecule has 3 unspecified atom stereocenters. The number of aromatic nitrogens is 1. The Labute approximate surface area is 151 Å². The number of fused-ring (bicyclic) bond motifs is 1. The number of nitrogens with zero attached hydrogens (tertiary/aromatic N) is 2. The van der Waals surface area contributed by atoms with Gasteiger partial charge in [-0.3, -0.25) is 4.79 Å². The molecule has 1 aromatic heterocycles. The number of halogens is 1. The molecular weight excluding hydrogens is 372 g/mol. The number of hydrogen-bond acceptors (Lipinski definition) is 5. The molecule has 2 heterocycles. The van der Waals surface area contributed by atoms with Crippen LogP contribution in [0.15, 0.2) is 16.7 Å². The van der Waals surface area contributed by atoms with Gasteiger partial charge in [0.1, 0.15) is 10.4 Å². The molecule has 0 spiro atoms. The number of piperidine rings is 1. The molecule has 6 nitrogen and oxygen atoms in total. The summed E-state index contributed by atoms with van der Waals surface area (Å²) in [6, 6.07) is 4.05. The van der Waals surface area contributed by atoms with E-state index in [0.29, 0.717) is 11.9 Å². The maximum absolute atomic E-state index is 12.5. The fourth-order valence-electron chi connectivity index (χ4n) is 3.26. The molecule has 1 amide bonds. The van der Waals surface area contributed by atoms with E-state index in [-0.39, 0.29) is 17.4 Å². The fraction of sp³-hybridized carbons (Fsp3) is 0.647. The molecule has 1 aliphatic carbocycles. The van der Waals surface area contributed by atoms with E-state index in [1.54, 1.807) is 0 Å². The number of carbonyl (C=O) groups is 1. The molecule has 1 aromatic rings. The largest absolute Gasteiger partial charge is 0.379 e. The molecule has 3 rings (SSSR count). The van der Waals surface area contributed by atoms with Crippen molar-refractivity contribution in [2.45, 2.75) is 31.8 Å². The number of anilines is 1. The molecule has 0 bridgehead atoms. The average molecular weight is 397 g/mol. The van der Waals surface area contributed by atoms with E-state index in [1.807, 2.05) is 33.2 Å². The summed E-state index contributed by atoms with van der Waals surface area (Å²) in [6.45, 7) is 4.33. The first-order chi connectivity index (χ1) is 11.4. The van der Waals surface area contributed by atoms with Crippen LogP contribution in [-0.4, -0.2) is 61.7 Å². The minimum absolute atomic E-state index is 0.0106. The van der Waals surface area contributed by atoms with Gasteiger partial charge in [-0.2, -0.15) is 0 Å². The van der Waals surface area contributed by atoms with Crippen molar-refractivity contribution in [3.8, 4) is 0 Å². The Morgan fingerprint density at radius 3 is 3.04 bits per heavy atom. The Bertz CT molecular complexity index is 625. The van der Waals surface area contributed by atoms with Gasteiger partial charge in [-0.25, -0.2) is 4.98 Å². The van der Waals surface area contributed by atoms with Gasteiger partial charge in [0.25, 0.3) is 0 Å². The molecule has 0 radical (unpaired) electrons. The number of nitrogens with one attached hydrogen (secondary N) is 2. The number of pyridine rings is 1. The zero-order valence-corrected chi connectivity index (χ0v) is 16.0. The van der Waals surface area contributed by atoms with Crippen molar-refractivity contribution in [2.75, 3.05) is 39.2 Å². The minimum Gasteiger partial charge on any atom is -0.379 e. The number of carbonyl (C=O) groups excluding carboxylic acids is 1. The van der Waals surface area contributed by atoms with Crippen molar-refractivity contribution in [3.63, 3.8) is 0 Å². The monoisotopic (exact) mass is 396 g/mol. The zero-order chi connectivity index (χ0) is 17.3. The lowest BCUT2D eigenvalue weighted by molar-refractivity contribution is -0.118. The third kappa shape index (κ3) is 3.96. The van der Waals surface area contributed by atoms with Gasteiger partial charge in [-0.05, 0) is 61.4 Å². The summed E-state index contributed by atoms with van der Waals surface area (Å²) in [5.41, 5.74) is 1.10. The molecule has 2 fully saturated rings. The molecular formula is C17H25BrN4O2. The van der Waals surface area contributed by atoms with Crippen molar-refractivity contribution in [1.82, 2.24) is 15.2 Å². The summed E-state index contributed by atoms with van der Waals surface area (Å²) < 4.78 is 6.54. The molecule has 1 aliphatic heterocycles. The van der Waals surface area contributed by atoms with Gasteiger partial charge < -0.3 is 20.3 Å². The van der Waals surface area contributed by atoms with Gasteiger partial charge >= 0.3 is 0 Å². The normalized spacial score (nSPS) is 28.0. The summed E-state index contributed by atoms with van der Waals surface area (Å²) >= 11 is 3.34. The quantitative estimate of drug-likeness (QED) is 0.543. The Hall–Kier alpha value is -1.02. The highest BCUT2D eigenvalue weighted by atomic mass is 79.9. The average Bonchev–Trinajstić information content (AvgIpc) is 3.08. The van der Waals surface area contributed by atoms with Crippen LogP contribution in [0.25, 0.3) is 0 Å². The third-order valence-corrected chi connectivity index (χ3v) is 5.34. The predicted molar refractivity (Wildman–Crippen MR) is 97.1 cm³/mol. The van der Waals surface area contributed by atoms with Crippen LogP contribution in [0.5, 0.6) is 0 Å². The number of ether oxygens (including phenoxy) is 1. The van der Waals surface area contributed by atoms with E-state index < -0.39 is 0 Å². The molecule has 7 heteroatoms. The van der Waals surface area contributed by atoms with E-state index in [4.69, 9.17) is 4.74 Å². The van der Waals surface area contributed by atoms with Crippen LogP contribution in [-0.2, 0) is 9.53 Å². The first kappa shape index (κ1) is 17.8. The van der Waals surface area contributed by atoms with Crippen LogP contribution < -0.4 is 10.6 Å². The van der Waals surface area contributed by atoms with Crippen LogP contribution in [0.4, 0.5) is 5.82 Å². The maximum atomic E-state index is 12.5. The summed E-state index contributed by atoms with van der Waals surface area (Å²) in [5, 5.41) is 6.37. The zero-order valence-electron chi connectivity index (χ0n) is 14.4. The van der Waals surface area contributed by atoms with Crippen molar-refractivity contribution < 1.29 is 9.53 Å². The lowest BCUT2D eigenvalue weighted by atomic mass is 10.0. The van der Waals surface area contributed by atoms with E-state index in [9.17, 15) is 4.79 Å². The summed E-state index contributed by atoms with van der Waals surface area (Å²) in [5.74, 6) is 0.608. The fourth-order valence-corrected chi connectivity index (χ4v) is 3.57. The molecule has 3 atom stereocenters. The maximum Gasteiger partial charge on any atom is 0.242 e. The van der Waals surface area contributed by atoms with E-state index in [0.717, 1.165) is 42.8 Å². The first-order valence-corrected chi connectivity index (χ1v) is 9.11. The second kappa shape index (κ2) is 7.07. The van der Waals surface area contributed by atoms with Gasteiger partial charge in [-0.15, -0.1) is 0 Å². The van der Waals surface area contributed by atoms with Gasteiger partial charge in [0.2, 0.25) is 5.91 Å². The number of hydrogen-bond donors (Lipinski definition) is 2. The molecule has 132 valence electrons. The highest BCUT2D eigenvalue weighted by Gasteiger charge is 2.61. The van der Waals surface area contributed by atoms with Gasteiger partial charge in [0, 0.05) is 18.0 Å². The Kier molecular flexibility index (Phi) is 5.24. The van der Waals surface area contributed by atoms with E-state index >= 15 is 0 Å². The number of aryl methyl sites for hydroxylation is 1. The van der Waals surface area contributed by atoms with Crippen LogP contribution in [0.2, 0.25) is 0 Å². The Balaban J connectivity index is 1.51. The van der Waals surface area contributed by atoms with E-state index in [1.165, 1.54) is 0 Å². The highest BCUT2D eigenvalue weighted by Crippen LogP contribution is 2.54. The van der Waals surface area contributed by atoms with Crippen LogP contribution in [0.1, 0.15) is 18.4 Å². The van der Waals surface area contributed by atoms with Gasteiger partial charge in [-0.1, -0.05) is 6.07 Å². The molecule has 2 aliphatic rings.